The number of carboxylic acid groups (broad SMARTS) is 1. The number of aliphatic carboxylic acids is 1. The van der Waals surface area contributed by atoms with E-state index < -0.39 is 52.1 Å². The molecule has 0 bridgehead atoms. The van der Waals surface area contributed by atoms with E-state index in [1.807, 2.05) is 0 Å². The SMILES string of the molecule is CC1(C)S[C@@H]2[C@H](NC(=O)C(NC(=O)[C@@H]3CCCN3)c3ccc(O)cc3)C(=O)N2[C@H]1C(=O)O. The first-order valence-corrected chi connectivity index (χ1v) is 11.3. The molecule has 5 N–H and O–H groups in total. The van der Waals surface area contributed by atoms with Gasteiger partial charge in [-0.05, 0) is 50.9 Å². The van der Waals surface area contributed by atoms with Crippen LogP contribution in [0.1, 0.15) is 38.3 Å². The summed E-state index contributed by atoms with van der Waals surface area (Å²) in [5.41, 5.74) is 0.457. The second kappa shape index (κ2) is 8.28. The number of β-lactam (4-membered cyclic amide) rings is 1. The van der Waals surface area contributed by atoms with Crippen molar-refractivity contribution in [3.05, 3.63) is 29.8 Å². The highest BCUT2D eigenvalue weighted by Crippen LogP contribution is 2.50. The van der Waals surface area contributed by atoms with Crippen LogP contribution in [0, 0.1) is 0 Å². The maximum atomic E-state index is 13.2. The van der Waals surface area contributed by atoms with Gasteiger partial charge in [0.1, 0.15) is 29.2 Å². The Morgan fingerprint density at radius 1 is 1.25 bits per heavy atom. The van der Waals surface area contributed by atoms with Gasteiger partial charge in [-0.15, -0.1) is 11.8 Å². The fourth-order valence-electron chi connectivity index (χ4n) is 4.50. The van der Waals surface area contributed by atoms with Crippen LogP contribution in [-0.2, 0) is 19.2 Å². The molecular formula is C21H26N4O6S. The number of benzene rings is 1. The molecule has 3 saturated heterocycles. The van der Waals surface area contributed by atoms with E-state index in [0.29, 0.717) is 12.0 Å². The van der Waals surface area contributed by atoms with Gasteiger partial charge in [-0.1, -0.05) is 12.1 Å². The van der Waals surface area contributed by atoms with Crippen molar-refractivity contribution in [2.45, 2.75) is 61.0 Å². The Balaban J connectivity index is 1.51. The molecule has 32 heavy (non-hydrogen) atoms. The molecule has 10 nitrogen and oxygen atoms in total. The molecule has 0 aromatic heterocycles. The molecule has 1 unspecified atom stereocenters. The molecule has 172 valence electrons. The summed E-state index contributed by atoms with van der Waals surface area (Å²) in [6, 6.07) is 2.58. The molecule has 0 spiro atoms. The molecule has 3 aliphatic rings. The first-order valence-electron chi connectivity index (χ1n) is 10.5. The third-order valence-corrected chi connectivity index (χ3v) is 7.70. The lowest BCUT2D eigenvalue weighted by Gasteiger charge is -2.44. The van der Waals surface area contributed by atoms with Crippen LogP contribution >= 0.6 is 11.8 Å². The number of rotatable bonds is 6. The van der Waals surface area contributed by atoms with E-state index in [4.69, 9.17) is 0 Å². The Bertz CT molecular complexity index is 946. The predicted molar refractivity (Wildman–Crippen MR) is 116 cm³/mol. The number of fused-ring (bicyclic) bond motifs is 1. The van der Waals surface area contributed by atoms with Gasteiger partial charge in [0, 0.05) is 4.75 Å². The monoisotopic (exact) mass is 462 g/mol. The van der Waals surface area contributed by atoms with Crippen LogP contribution in [0.3, 0.4) is 0 Å². The number of carbonyl (C=O) groups is 4. The maximum Gasteiger partial charge on any atom is 0.327 e. The van der Waals surface area contributed by atoms with Gasteiger partial charge in [-0.2, -0.15) is 0 Å². The minimum absolute atomic E-state index is 0.0193. The molecule has 3 heterocycles. The van der Waals surface area contributed by atoms with Crippen molar-refractivity contribution in [3.63, 3.8) is 0 Å². The Morgan fingerprint density at radius 2 is 1.94 bits per heavy atom. The summed E-state index contributed by atoms with van der Waals surface area (Å²) >= 11 is 1.33. The highest BCUT2D eigenvalue weighted by molar-refractivity contribution is 8.01. The number of aromatic hydroxyl groups is 1. The maximum absolute atomic E-state index is 13.2. The van der Waals surface area contributed by atoms with Crippen LogP contribution in [0.4, 0.5) is 0 Å². The summed E-state index contributed by atoms with van der Waals surface area (Å²) in [6.45, 7) is 4.24. The van der Waals surface area contributed by atoms with E-state index in [9.17, 15) is 29.4 Å². The number of amides is 3. The Morgan fingerprint density at radius 3 is 2.53 bits per heavy atom. The van der Waals surface area contributed by atoms with Crippen molar-refractivity contribution < 1.29 is 29.4 Å². The summed E-state index contributed by atoms with van der Waals surface area (Å²) in [5.74, 6) is -2.41. The van der Waals surface area contributed by atoms with Crippen LogP contribution in [0.2, 0.25) is 0 Å². The topological polar surface area (TPSA) is 148 Å². The number of phenolic OH excluding ortho intramolecular Hbond substituents is 1. The Labute approximate surface area is 189 Å². The van der Waals surface area contributed by atoms with Gasteiger partial charge >= 0.3 is 5.97 Å². The average molecular weight is 463 g/mol. The highest BCUT2D eigenvalue weighted by Gasteiger charge is 2.64. The fourth-order valence-corrected chi connectivity index (χ4v) is 6.13. The summed E-state index contributed by atoms with van der Waals surface area (Å²) in [7, 11) is 0. The first-order chi connectivity index (χ1) is 15.1. The molecule has 3 amide bonds. The predicted octanol–water partition coefficient (Wildman–Crippen LogP) is -0.0668. The first kappa shape index (κ1) is 22.4. The van der Waals surface area contributed by atoms with Crippen LogP contribution < -0.4 is 16.0 Å². The van der Waals surface area contributed by atoms with Crippen molar-refractivity contribution in [2.75, 3.05) is 6.54 Å². The van der Waals surface area contributed by atoms with Crippen LogP contribution in [0.15, 0.2) is 24.3 Å². The number of hydrogen-bond donors (Lipinski definition) is 5. The molecule has 4 rings (SSSR count). The molecule has 1 aromatic carbocycles. The standard InChI is InChI=1S/C21H26N4O6S/c1-21(2)15(20(30)31)25-18(29)14(19(25)32-21)24-17(28)13(10-5-7-11(26)8-6-10)23-16(27)12-4-3-9-22-12/h5-8,12-15,19,22,26H,3-4,9H2,1-2H3,(H,23,27)(H,24,28)(H,30,31)/t12-,13?,14+,15-,19+/m0/s1. The van der Waals surface area contributed by atoms with Crippen LogP contribution in [0.5, 0.6) is 5.75 Å². The molecule has 3 fully saturated rings. The molecule has 0 aliphatic carbocycles. The summed E-state index contributed by atoms with van der Waals surface area (Å²) in [4.78, 5) is 51.6. The molecule has 3 aliphatic heterocycles. The quantitative estimate of drug-likeness (QED) is 0.369. The largest absolute Gasteiger partial charge is 0.508 e. The van der Waals surface area contributed by atoms with Crippen molar-refractivity contribution in [1.82, 2.24) is 20.9 Å². The van der Waals surface area contributed by atoms with E-state index in [1.54, 1.807) is 13.8 Å². The normalized spacial score (nSPS) is 29.1. The zero-order chi connectivity index (χ0) is 23.2. The van der Waals surface area contributed by atoms with Gasteiger partial charge in [0.15, 0.2) is 0 Å². The van der Waals surface area contributed by atoms with Gasteiger partial charge in [0.2, 0.25) is 17.7 Å². The molecule has 1 aromatic rings. The van der Waals surface area contributed by atoms with Crippen molar-refractivity contribution in [1.29, 1.82) is 0 Å². The lowest BCUT2D eigenvalue weighted by Crippen LogP contribution is -2.71. The summed E-state index contributed by atoms with van der Waals surface area (Å²) in [6.07, 6.45) is 1.52. The minimum atomic E-state index is -1.08. The number of phenols is 1. The Kier molecular flexibility index (Phi) is 5.80. The van der Waals surface area contributed by atoms with Crippen molar-refractivity contribution in [2.24, 2.45) is 0 Å². The number of carboxylic acids is 1. The van der Waals surface area contributed by atoms with Gasteiger partial charge in [-0.3, -0.25) is 14.4 Å². The third-order valence-electron chi connectivity index (χ3n) is 6.12. The Hall–Kier alpha value is -2.79. The highest BCUT2D eigenvalue weighted by atomic mass is 32.2. The molecule has 11 heteroatoms. The number of hydrogen-bond acceptors (Lipinski definition) is 7. The van der Waals surface area contributed by atoms with Gasteiger partial charge < -0.3 is 31.1 Å². The van der Waals surface area contributed by atoms with Gasteiger partial charge in [0.05, 0.1) is 6.04 Å². The van der Waals surface area contributed by atoms with Crippen LogP contribution in [-0.4, -0.2) is 73.6 Å². The van der Waals surface area contributed by atoms with E-state index in [2.05, 4.69) is 16.0 Å². The smallest absolute Gasteiger partial charge is 0.327 e. The zero-order valence-electron chi connectivity index (χ0n) is 17.7. The van der Waals surface area contributed by atoms with E-state index in [-0.39, 0.29) is 11.7 Å². The molecule has 0 saturated carbocycles. The molecule has 0 radical (unpaired) electrons. The second-order valence-corrected chi connectivity index (χ2v) is 10.5. The van der Waals surface area contributed by atoms with E-state index >= 15 is 0 Å². The lowest BCUT2D eigenvalue weighted by molar-refractivity contribution is -0.161. The number of thioether (sulfide) groups is 1. The molecular weight excluding hydrogens is 436 g/mol. The van der Waals surface area contributed by atoms with Crippen molar-refractivity contribution >= 4 is 35.5 Å². The lowest BCUT2D eigenvalue weighted by atomic mass is 9.95. The summed E-state index contributed by atoms with van der Waals surface area (Å²) < 4.78 is -0.704. The average Bonchev–Trinajstić information content (AvgIpc) is 3.35. The zero-order valence-corrected chi connectivity index (χ0v) is 18.5. The van der Waals surface area contributed by atoms with Crippen LogP contribution in [0.25, 0.3) is 0 Å². The molecule has 5 atom stereocenters. The third kappa shape index (κ3) is 3.90. The second-order valence-electron chi connectivity index (χ2n) is 8.77. The van der Waals surface area contributed by atoms with E-state index in [0.717, 1.165) is 13.0 Å². The minimum Gasteiger partial charge on any atom is -0.508 e. The van der Waals surface area contributed by atoms with Gasteiger partial charge in [0.25, 0.3) is 0 Å². The number of nitrogens with one attached hydrogen (secondary N) is 3. The van der Waals surface area contributed by atoms with E-state index in [1.165, 1.54) is 40.9 Å². The fraction of sp³-hybridized carbons (Fsp3) is 0.524. The number of nitrogens with zero attached hydrogens (tertiary/aromatic N) is 1. The van der Waals surface area contributed by atoms with Gasteiger partial charge in [-0.25, -0.2) is 4.79 Å². The summed E-state index contributed by atoms with van der Waals surface area (Å²) in [5, 5.41) is 27.2. The number of carbonyl (C=O) groups excluding carboxylic acids is 3. The van der Waals surface area contributed by atoms with Crippen molar-refractivity contribution in [3.8, 4) is 5.75 Å².